The minimum Gasteiger partial charge on any atom is -0.366 e. The van der Waals surface area contributed by atoms with Crippen LogP contribution in [-0.4, -0.2) is 76.5 Å². The zero-order valence-corrected chi connectivity index (χ0v) is 17.3. The summed E-state index contributed by atoms with van der Waals surface area (Å²) in [5, 5.41) is 6.92. The van der Waals surface area contributed by atoms with Crippen LogP contribution in [0.3, 0.4) is 0 Å². The van der Waals surface area contributed by atoms with Gasteiger partial charge in [0.25, 0.3) is 0 Å². The lowest BCUT2D eigenvalue weighted by atomic mass is 9.57. The molecule has 4 fully saturated rings. The molecule has 1 N–H and O–H groups in total. The van der Waals surface area contributed by atoms with Crippen LogP contribution in [0.15, 0.2) is 6.07 Å². The van der Waals surface area contributed by atoms with Crippen molar-refractivity contribution >= 4 is 11.9 Å². The third-order valence-electron chi connectivity index (χ3n) is 7.08. The highest BCUT2D eigenvalue weighted by Gasteiger charge is 2.54. The fourth-order valence-corrected chi connectivity index (χ4v) is 5.73. The molecular weight excluding hydrogens is 415 g/mol. The van der Waals surface area contributed by atoms with Gasteiger partial charge in [0.2, 0.25) is 5.91 Å². The quantitative estimate of drug-likeness (QED) is 0.753. The molecule has 4 heterocycles. The van der Waals surface area contributed by atoms with Crippen molar-refractivity contribution in [1.82, 2.24) is 24.9 Å². The van der Waals surface area contributed by atoms with E-state index in [1.165, 1.54) is 7.05 Å². The number of aromatic nitrogens is 2. The first-order chi connectivity index (χ1) is 14.6. The first-order valence-corrected chi connectivity index (χ1v) is 10.7. The van der Waals surface area contributed by atoms with E-state index in [9.17, 15) is 22.8 Å². The predicted molar refractivity (Wildman–Crippen MR) is 102 cm³/mol. The molecule has 1 aliphatic carbocycles. The molecule has 4 aliphatic rings. The summed E-state index contributed by atoms with van der Waals surface area (Å²) in [4.78, 5) is 28.0. The highest BCUT2D eigenvalue weighted by molar-refractivity contribution is 5.79. The summed E-state index contributed by atoms with van der Waals surface area (Å²) in [6.45, 7) is 2.53. The van der Waals surface area contributed by atoms with Crippen molar-refractivity contribution in [1.29, 1.82) is 0 Å². The molecule has 0 aromatic carbocycles. The van der Waals surface area contributed by atoms with E-state index in [2.05, 4.69) is 10.4 Å². The highest BCUT2D eigenvalue weighted by Crippen LogP contribution is 2.53. The average molecular weight is 441 g/mol. The molecule has 0 radical (unpaired) electrons. The molecule has 5 rings (SSSR count). The molecule has 1 spiro atoms. The summed E-state index contributed by atoms with van der Waals surface area (Å²) >= 11 is 0. The van der Waals surface area contributed by atoms with Crippen LogP contribution >= 0.6 is 0 Å². The molecule has 31 heavy (non-hydrogen) atoms. The van der Waals surface area contributed by atoms with E-state index in [0.29, 0.717) is 50.6 Å². The summed E-state index contributed by atoms with van der Waals surface area (Å²) < 4.78 is 45.2. The number of carbonyl (C=O) groups excluding carboxylic acids is 2. The molecular formula is C20H26F3N5O3. The Bertz CT molecular complexity index is 887. The number of likely N-dealkylation sites (tertiary alicyclic amines) is 2. The van der Waals surface area contributed by atoms with Gasteiger partial charge in [-0.25, -0.2) is 4.79 Å². The third-order valence-corrected chi connectivity index (χ3v) is 7.08. The number of ether oxygens (including phenoxy) is 1. The number of amides is 3. The number of rotatable bonds is 2. The Kier molecular flexibility index (Phi) is 4.72. The van der Waals surface area contributed by atoms with Crippen molar-refractivity contribution in [2.24, 2.45) is 18.4 Å². The molecule has 1 aromatic rings. The van der Waals surface area contributed by atoms with Gasteiger partial charge in [0.1, 0.15) is 12.3 Å². The van der Waals surface area contributed by atoms with Crippen molar-refractivity contribution < 1.29 is 27.5 Å². The summed E-state index contributed by atoms with van der Waals surface area (Å²) in [6.07, 6.45) is -1.36. The van der Waals surface area contributed by atoms with Gasteiger partial charge < -0.3 is 19.9 Å². The number of piperidine rings is 1. The number of hydrogen-bond acceptors (Lipinski definition) is 4. The van der Waals surface area contributed by atoms with Crippen LogP contribution in [-0.2, 0) is 29.2 Å². The van der Waals surface area contributed by atoms with E-state index >= 15 is 0 Å². The lowest BCUT2D eigenvalue weighted by Crippen LogP contribution is -2.68. The molecule has 3 amide bonds. The van der Waals surface area contributed by atoms with Crippen LogP contribution in [0, 0.1) is 11.3 Å². The largest absolute Gasteiger partial charge is 0.433 e. The monoisotopic (exact) mass is 441 g/mol. The number of carbonyl (C=O) groups is 2. The molecule has 2 atom stereocenters. The Morgan fingerprint density at radius 2 is 2.06 bits per heavy atom. The van der Waals surface area contributed by atoms with Gasteiger partial charge in [-0.15, -0.1) is 0 Å². The summed E-state index contributed by atoms with van der Waals surface area (Å²) in [5.41, 5.74) is -0.149. The van der Waals surface area contributed by atoms with E-state index in [4.69, 9.17) is 4.74 Å². The Balaban J connectivity index is 1.10. The van der Waals surface area contributed by atoms with E-state index in [1.54, 1.807) is 4.90 Å². The van der Waals surface area contributed by atoms with Crippen LogP contribution in [0.25, 0.3) is 0 Å². The van der Waals surface area contributed by atoms with E-state index in [0.717, 1.165) is 23.6 Å². The Morgan fingerprint density at radius 1 is 1.32 bits per heavy atom. The van der Waals surface area contributed by atoms with Crippen molar-refractivity contribution in [2.45, 2.75) is 44.0 Å². The number of morpholine rings is 1. The molecule has 1 saturated carbocycles. The molecule has 11 heteroatoms. The summed E-state index contributed by atoms with van der Waals surface area (Å²) in [5.74, 6) is 0.160. The fourth-order valence-electron chi connectivity index (χ4n) is 5.73. The lowest BCUT2D eigenvalue weighted by molar-refractivity contribution is -0.143. The molecule has 3 saturated heterocycles. The van der Waals surface area contributed by atoms with E-state index < -0.39 is 11.9 Å². The maximum Gasteiger partial charge on any atom is 0.433 e. The zero-order valence-electron chi connectivity index (χ0n) is 17.3. The van der Waals surface area contributed by atoms with Gasteiger partial charge in [-0.3, -0.25) is 9.48 Å². The number of nitrogens with one attached hydrogen (secondary N) is 1. The smallest absolute Gasteiger partial charge is 0.366 e. The minimum atomic E-state index is -4.39. The number of aryl methyl sites for hydroxylation is 1. The van der Waals surface area contributed by atoms with Gasteiger partial charge in [-0.05, 0) is 37.7 Å². The molecule has 8 nitrogen and oxygen atoms in total. The van der Waals surface area contributed by atoms with Gasteiger partial charge in [-0.1, -0.05) is 0 Å². The maximum atomic E-state index is 12.9. The van der Waals surface area contributed by atoms with Crippen molar-refractivity contribution in [2.75, 3.05) is 32.8 Å². The zero-order chi connectivity index (χ0) is 22.0. The van der Waals surface area contributed by atoms with Crippen LogP contribution < -0.4 is 5.32 Å². The topological polar surface area (TPSA) is 79.7 Å². The maximum absolute atomic E-state index is 12.9. The van der Waals surface area contributed by atoms with Gasteiger partial charge >= 0.3 is 12.2 Å². The number of urea groups is 1. The van der Waals surface area contributed by atoms with Gasteiger partial charge in [-0.2, -0.15) is 18.3 Å². The Hall–Kier alpha value is -2.30. The second-order valence-corrected chi connectivity index (χ2v) is 9.52. The molecule has 1 aromatic heterocycles. The standard InChI is InChI=1S/C20H26F3N5O3/c1-26-16(20(21,22)23)5-13(25-26)4-12-6-19(7-12)10-28(11-19)18(30)27-3-2-15-14(8-27)24-17(29)9-31-15/h5,12,14-15H,2-4,6-11H2,1H3,(H,24,29)/t14-,15+/m1/s1. The second-order valence-electron chi connectivity index (χ2n) is 9.52. The number of alkyl halides is 3. The first kappa shape index (κ1) is 20.6. The van der Waals surface area contributed by atoms with E-state index in [1.807, 2.05) is 4.90 Å². The number of hydrogen-bond donors (Lipinski definition) is 1. The molecule has 3 aliphatic heterocycles. The number of fused-ring (bicyclic) bond motifs is 1. The van der Waals surface area contributed by atoms with Crippen LogP contribution in [0.1, 0.15) is 30.7 Å². The first-order valence-electron chi connectivity index (χ1n) is 10.7. The number of nitrogens with zero attached hydrogens (tertiary/aromatic N) is 4. The van der Waals surface area contributed by atoms with Gasteiger partial charge in [0.15, 0.2) is 0 Å². The van der Waals surface area contributed by atoms with Crippen molar-refractivity contribution in [3.8, 4) is 0 Å². The van der Waals surface area contributed by atoms with Crippen LogP contribution in [0.4, 0.5) is 18.0 Å². The fraction of sp³-hybridized carbons (Fsp3) is 0.750. The summed E-state index contributed by atoms with van der Waals surface area (Å²) in [7, 11) is 1.32. The average Bonchev–Trinajstić information content (AvgIpc) is 3.02. The summed E-state index contributed by atoms with van der Waals surface area (Å²) in [6, 6.07) is 0.980. The minimum absolute atomic E-state index is 0.00751. The second kappa shape index (κ2) is 7.11. The van der Waals surface area contributed by atoms with E-state index in [-0.39, 0.29) is 36.1 Å². The number of halogens is 3. The normalized spacial score (nSPS) is 28.1. The third kappa shape index (κ3) is 3.77. The Morgan fingerprint density at radius 3 is 2.74 bits per heavy atom. The lowest BCUT2D eigenvalue weighted by Gasteiger charge is -2.60. The van der Waals surface area contributed by atoms with Crippen LogP contribution in [0.2, 0.25) is 0 Å². The Labute approximate surface area is 177 Å². The van der Waals surface area contributed by atoms with Gasteiger partial charge in [0.05, 0.1) is 17.8 Å². The molecule has 170 valence electrons. The van der Waals surface area contributed by atoms with Gasteiger partial charge in [0, 0.05) is 38.6 Å². The molecule has 0 bridgehead atoms. The van der Waals surface area contributed by atoms with Crippen molar-refractivity contribution in [3.05, 3.63) is 17.5 Å². The SMILES string of the molecule is Cn1nc(CC2CC3(C2)CN(C(=O)N2CC[C@@H]4OCC(=O)N[C@@H]4C2)C3)cc1C(F)(F)F. The molecule has 0 unspecified atom stereocenters. The highest BCUT2D eigenvalue weighted by atomic mass is 19.4. The van der Waals surface area contributed by atoms with Crippen LogP contribution in [0.5, 0.6) is 0 Å². The predicted octanol–water partition coefficient (Wildman–Crippen LogP) is 1.40. The van der Waals surface area contributed by atoms with Crippen molar-refractivity contribution in [3.63, 3.8) is 0 Å².